The number of hydrogen-bond donors (Lipinski definition) is 1. The van der Waals surface area contributed by atoms with Crippen LogP contribution < -0.4 is 4.74 Å². The Kier molecular flexibility index (Phi) is 3.65. The molecule has 0 fully saturated rings. The van der Waals surface area contributed by atoms with Gasteiger partial charge >= 0.3 is 11.7 Å². The highest BCUT2D eigenvalue weighted by Crippen LogP contribution is 2.27. The van der Waals surface area contributed by atoms with Gasteiger partial charge in [0.05, 0.1) is 18.6 Å². The van der Waals surface area contributed by atoms with Crippen molar-refractivity contribution >= 4 is 11.7 Å². The number of carboxylic acid groups (broad SMARTS) is 1. The van der Waals surface area contributed by atoms with Gasteiger partial charge < -0.3 is 9.84 Å². The maximum absolute atomic E-state index is 11.0. The number of carboxylic acids is 1. The Bertz CT molecular complexity index is 665. The lowest BCUT2D eigenvalue weighted by Crippen LogP contribution is -2.11. The minimum Gasteiger partial charge on any atom is -0.490 e. The third kappa shape index (κ3) is 2.58. The van der Waals surface area contributed by atoms with Crippen LogP contribution in [0.25, 0.3) is 0 Å². The zero-order chi connectivity index (χ0) is 14.7. The molecule has 8 heteroatoms. The summed E-state index contributed by atoms with van der Waals surface area (Å²) in [5, 5.41) is 23.8. The van der Waals surface area contributed by atoms with Gasteiger partial charge in [-0.25, -0.2) is 4.79 Å². The SMILES string of the molecule is COc1ccc(Cn2nccc2C(=O)O)cc1[N+](=O)[O-]. The number of nitrogens with zero attached hydrogens (tertiary/aromatic N) is 3. The predicted octanol–water partition coefficient (Wildman–Crippen LogP) is 1.55. The molecule has 0 atom stereocenters. The minimum absolute atomic E-state index is 0.0171. The van der Waals surface area contributed by atoms with E-state index in [9.17, 15) is 14.9 Å². The summed E-state index contributed by atoms with van der Waals surface area (Å²) in [7, 11) is 1.35. The lowest BCUT2D eigenvalue weighted by atomic mass is 10.2. The Morgan fingerprint density at radius 3 is 2.85 bits per heavy atom. The Morgan fingerprint density at radius 2 is 2.25 bits per heavy atom. The summed E-state index contributed by atoms with van der Waals surface area (Å²) < 4.78 is 6.16. The second-order valence-electron chi connectivity index (χ2n) is 3.94. The van der Waals surface area contributed by atoms with Crippen molar-refractivity contribution in [1.29, 1.82) is 0 Å². The second kappa shape index (κ2) is 5.39. The topological polar surface area (TPSA) is 107 Å². The van der Waals surface area contributed by atoms with E-state index in [1.54, 1.807) is 6.07 Å². The normalized spacial score (nSPS) is 10.2. The summed E-state index contributed by atoms with van der Waals surface area (Å²) in [6, 6.07) is 5.79. The molecule has 0 amide bonds. The molecule has 104 valence electrons. The highest BCUT2D eigenvalue weighted by Gasteiger charge is 2.16. The Balaban J connectivity index is 2.34. The highest BCUT2D eigenvalue weighted by molar-refractivity contribution is 5.85. The second-order valence-corrected chi connectivity index (χ2v) is 3.94. The highest BCUT2D eigenvalue weighted by atomic mass is 16.6. The molecule has 0 spiro atoms. The average molecular weight is 277 g/mol. The summed E-state index contributed by atoms with van der Waals surface area (Å²) in [4.78, 5) is 21.3. The van der Waals surface area contributed by atoms with Gasteiger partial charge in [0.25, 0.3) is 0 Å². The largest absolute Gasteiger partial charge is 0.490 e. The molecule has 0 aliphatic carbocycles. The summed E-state index contributed by atoms with van der Waals surface area (Å²) in [6.45, 7) is 0.124. The van der Waals surface area contributed by atoms with E-state index in [1.165, 1.54) is 36.2 Å². The van der Waals surface area contributed by atoms with Crippen LogP contribution in [0, 0.1) is 10.1 Å². The smallest absolute Gasteiger partial charge is 0.354 e. The van der Waals surface area contributed by atoms with Crippen LogP contribution in [0.4, 0.5) is 5.69 Å². The molecule has 1 heterocycles. The Hall–Kier alpha value is -2.90. The van der Waals surface area contributed by atoms with E-state index in [-0.39, 0.29) is 23.7 Å². The summed E-state index contributed by atoms with van der Waals surface area (Å²) in [5.74, 6) is -0.955. The first-order chi connectivity index (χ1) is 9.52. The number of benzene rings is 1. The van der Waals surface area contributed by atoms with Gasteiger partial charge in [-0.05, 0) is 17.7 Å². The van der Waals surface area contributed by atoms with E-state index < -0.39 is 10.9 Å². The fraction of sp³-hybridized carbons (Fsp3) is 0.167. The van der Waals surface area contributed by atoms with E-state index in [2.05, 4.69) is 5.10 Å². The quantitative estimate of drug-likeness (QED) is 0.656. The average Bonchev–Trinajstić information content (AvgIpc) is 2.87. The molecule has 20 heavy (non-hydrogen) atoms. The van der Waals surface area contributed by atoms with E-state index >= 15 is 0 Å². The molecule has 1 N–H and O–H groups in total. The molecule has 0 aliphatic heterocycles. The molecule has 0 saturated heterocycles. The minimum atomic E-state index is -1.11. The van der Waals surface area contributed by atoms with Crippen LogP contribution in [0.1, 0.15) is 16.1 Å². The van der Waals surface area contributed by atoms with Gasteiger partial charge in [-0.15, -0.1) is 0 Å². The number of aromatic carboxylic acids is 1. The van der Waals surface area contributed by atoms with Crippen molar-refractivity contribution in [3.8, 4) is 5.75 Å². The monoisotopic (exact) mass is 277 g/mol. The maximum Gasteiger partial charge on any atom is 0.354 e. The molecule has 1 aromatic heterocycles. The zero-order valence-corrected chi connectivity index (χ0v) is 10.5. The van der Waals surface area contributed by atoms with Crippen molar-refractivity contribution in [2.75, 3.05) is 7.11 Å². The first kappa shape index (κ1) is 13.5. The first-order valence-corrected chi connectivity index (χ1v) is 5.59. The number of ether oxygens (including phenoxy) is 1. The van der Waals surface area contributed by atoms with Gasteiger partial charge in [-0.3, -0.25) is 14.8 Å². The first-order valence-electron chi connectivity index (χ1n) is 5.59. The van der Waals surface area contributed by atoms with Crippen molar-refractivity contribution in [2.45, 2.75) is 6.54 Å². The number of hydrogen-bond acceptors (Lipinski definition) is 5. The van der Waals surface area contributed by atoms with E-state index in [0.717, 1.165) is 0 Å². The van der Waals surface area contributed by atoms with E-state index in [4.69, 9.17) is 9.84 Å². The van der Waals surface area contributed by atoms with Crippen LogP contribution in [0.3, 0.4) is 0 Å². The Labute approximate surface area is 113 Å². The third-order valence-electron chi connectivity index (χ3n) is 2.71. The fourth-order valence-electron chi connectivity index (χ4n) is 1.79. The molecule has 0 saturated carbocycles. The van der Waals surface area contributed by atoms with Crippen molar-refractivity contribution in [3.05, 3.63) is 51.8 Å². The van der Waals surface area contributed by atoms with E-state index in [1.807, 2.05) is 0 Å². The van der Waals surface area contributed by atoms with Crippen molar-refractivity contribution < 1.29 is 19.6 Å². The number of carbonyl (C=O) groups is 1. The molecule has 2 aromatic rings. The summed E-state index contributed by atoms with van der Waals surface area (Å²) >= 11 is 0. The molecule has 0 aliphatic rings. The number of rotatable bonds is 5. The van der Waals surface area contributed by atoms with Gasteiger partial charge in [0, 0.05) is 12.3 Å². The Morgan fingerprint density at radius 1 is 1.50 bits per heavy atom. The van der Waals surface area contributed by atoms with Crippen LogP contribution in [-0.2, 0) is 6.54 Å². The molecule has 1 aromatic carbocycles. The number of aromatic nitrogens is 2. The standard InChI is InChI=1S/C12H11N3O5/c1-20-11-3-2-8(6-10(11)15(18)19)7-14-9(12(16)17)4-5-13-14/h2-6H,7H2,1H3,(H,16,17). The molecule has 8 nitrogen and oxygen atoms in total. The molecule has 0 bridgehead atoms. The predicted molar refractivity (Wildman–Crippen MR) is 67.9 cm³/mol. The van der Waals surface area contributed by atoms with Crippen LogP contribution in [0.15, 0.2) is 30.5 Å². The maximum atomic E-state index is 11.0. The fourth-order valence-corrected chi connectivity index (χ4v) is 1.79. The summed E-state index contributed by atoms with van der Waals surface area (Å²) in [5.41, 5.74) is 0.404. The van der Waals surface area contributed by atoms with Crippen LogP contribution in [0.5, 0.6) is 5.75 Å². The number of methoxy groups -OCH3 is 1. The van der Waals surface area contributed by atoms with Crippen LogP contribution in [-0.4, -0.2) is 32.9 Å². The van der Waals surface area contributed by atoms with Gasteiger partial charge in [-0.1, -0.05) is 6.07 Å². The van der Waals surface area contributed by atoms with Crippen molar-refractivity contribution in [2.24, 2.45) is 0 Å². The number of nitro benzene ring substituents is 1. The summed E-state index contributed by atoms with van der Waals surface area (Å²) in [6.07, 6.45) is 1.36. The number of nitro groups is 1. The van der Waals surface area contributed by atoms with Crippen molar-refractivity contribution in [1.82, 2.24) is 9.78 Å². The van der Waals surface area contributed by atoms with E-state index in [0.29, 0.717) is 5.56 Å². The zero-order valence-electron chi connectivity index (χ0n) is 10.5. The van der Waals surface area contributed by atoms with Gasteiger partial charge in [-0.2, -0.15) is 5.10 Å². The van der Waals surface area contributed by atoms with Gasteiger partial charge in [0.2, 0.25) is 0 Å². The molecule has 0 unspecified atom stereocenters. The lowest BCUT2D eigenvalue weighted by molar-refractivity contribution is -0.385. The van der Waals surface area contributed by atoms with Crippen LogP contribution in [0.2, 0.25) is 0 Å². The molecular formula is C12H11N3O5. The van der Waals surface area contributed by atoms with Crippen LogP contribution >= 0.6 is 0 Å². The third-order valence-corrected chi connectivity index (χ3v) is 2.71. The van der Waals surface area contributed by atoms with Crippen molar-refractivity contribution in [3.63, 3.8) is 0 Å². The van der Waals surface area contributed by atoms with Gasteiger partial charge in [0.1, 0.15) is 5.69 Å². The molecule has 0 radical (unpaired) electrons. The van der Waals surface area contributed by atoms with Gasteiger partial charge in [0.15, 0.2) is 5.75 Å². The lowest BCUT2D eigenvalue weighted by Gasteiger charge is -2.07. The molecular weight excluding hydrogens is 266 g/mol. The molecule has 2 rings (SSSR count).